The second-order valence-corrected chi connectivity index (χ2v) is 2.82. The van der Waals surface area contributed by atoms with Crippen LogP contribution in [0.1, 0.15) is 0 Å². The number of hydrogen-bond acceptors (Lipinski definition) is 6. The van der Waals surface area contributed by atoms with E-state index in [0.29, 0.717) is 0 Å². The third kappa shape index (κ3) is 3.33. The Morgan fingerprint density at radius 2 is 1.19 bits per heavy atom. The largest absolute Gasteiger partial charge is 0.504 e. The predicted molar refractivity (Wildman–Crippen MR) is 60.6 cm³/mol. The average Bonchev–Trinajstić information content (AvgIpc) is 2.28. The van der Waals surface area contributed by atoms with E-state index in [2.05, 4.69) is 9.97 Å². The molecule has 6 N–H and O–H groups in total. The molecule has 2 rings (SSSR count). The molecule has 0 saturated carbocycles. The normalized spacial score (nSPS) is 9.00. The van der Waals surface area contributed by atoms with E-state index in [4.69, 9.17) is 21.7 Å². The average molecular weight is 220 g/mol. The van der Waals surface area contributed by atoms with Gasteiger partial charge in [-0.25, -0.2) is 9.97 Å². The molecule has 0 aromatic carbocycles. The number of rotatable bonds is 0. The molecule has 0 fully saturated rings. The van der Waals surface area contributed by atoms with Gasteiger partial charge in [-0.15, -0.1) is 0 Å². The van der Waals surface area contributed by atoms with Crippen molar-refractivity contribution in [3.8, 4) is 11.5 Å². The van der Waals surface area contributed by atoms with Crippen molar-refractivity contribution < 1.29 is 10.2 Å². The van der Waals surface area contributed by atoms with Gasteiger partial charge < -0.3 is 21.7 Å². The Morgan fingerprint density at radius 3 is 1.38 bits per heavy atom. The van der Waals surface area contributed by atoms with Gasteiger partial charge in [0.05, 0.1) is 0 Å². The first-order chi connectivity index (χ1) is 7.61. The number of nitrogens with zero attached hydrogens (tertiary/aromatic N) is 2. The van der Waals surface area contributed by atoms with Crippen LogP contribution in [-0.4, -0.2) is 20.2 Å². The Bertz CT molecular complexity index is 377. The summed E-state index contributed by atoms with van der Waals surface area (Å²) in [6.45, 7) is 0. The number of hydrogen-bond donors (Lipinski definition) is 4. The molecule has 2 heterocycles. The Kier molecular flexibility index (Phi) is 3.90. The summed E-state index contributed by atoms with van der Waals surface area (Å²) in [6, 6.07) is 6.21. The van der Waals surface area contributed by atoms with Crippen molar-refractivity contribution in [2.24, 2.45) is 0 Å². The van der Waals surface area contributed by atoms with Crippen molar-refractivity contribution in [1.82, 2.24) is 9.97 Å². The van der Waals surface area contributed by atoms with Crippen molar-refractivity contribution in [2.75, 3.05) is 11.5 Å². The van der Waals surface area contributed by atoms with Crippen LogP contribution in [0, 0.1) is 0 Å². The van der Waals surface area contributed by atoms with Crippen LogP contribution in [0.25, 0.3) is 0 Å². The van der Waals surface area contributed by atoms with E-state index in [9.17, 15) is 0 Å². The van der Waals surface area contributed by atoms with Gasteiger partial charge in [-0.05, 0) is 24.3 Å². The summed E-state index contributed by atoms with van der Waals surface area (Å²) in [6.07, 6.45) is 3.05. The van der Waals surface area contributed by atoms with Crippen molar-refractivity contribution in [3.05, 3.63) is 36.7 Å². The van der Waals surface area contributed by atoms with E-state index in [0.717, 1.165) is 0 Å². The molecule has 0 bridgehead atoms. The van der Waals surface area contributed by atoms with Gasteiger partial charge in [-0.3, -0.25) is 0 Å². The molecule has 0 spiro atoms. The fourth-order valence-corrected chi connectivity index (χ4v) is 0.818. The van der Waals surface area contributed by atoms with Gasteiger partial charge in [-0.2, -0.15) is 0 Å². The molecule has 0 radical (unpaired) electrons. The maximum Gasteiger partial charge on any atom is 0.165 e. The summed E-state index contributed by atoms with van der Waals surface area (Å²) in [7, 11) is 0. The van der Waals surface area contributed by atoms with Gasteiger partial charge in [-0.1, -0.05) is 0 Å². The molecule has 2 aromatic rings. The SMILES string of the molecule is Nc1ncccc1O.Nc1ncccc1O. The smallest absolute Gasteiger partial charge is 0.165 e. The van der Waals surface area contributed by atoms with E-state index in [1.165, 1.54) is 24.5 Å². The Labute approximate surface area is 92.2 Å². The highest BCUT2D eigenvalue weighted by Gasteiger charge is 1.90. The van der Waals surface area contributed by atoms with Crippen molar-refractivity contribution in [3.63, 3.8) is 0 Å². The van der Waals surface area contributed by atoms with Gasteiger partial charge in [0, 0.05) is 12.4 Å². The van der Waals surface area contributed by atoms with Crippen molar-refractivity contribution in [1.29, 1.82) is 0 Å². The lowest BCUT2D eigenvalue weighted by Gasteiger charge is -1.91. The highest BCUT2D eigenvalue weighted by atomic mass is 16.3. The molecule has 0 atom stereocenters. The first-order valence-electron chi connectivity index (χ1n) is 4.40. The highest BCUT2D eigenvalue weighted by molar-refractivity contribution is 5.43. The van der Waals surface area contributed by atoms with Crippen LogP contribution < -0.4 is 11.5 Å². The monoisotopic (exact) mass is 220 g/mol. The number of nitrogen functional groups attached to an aromatic ring is 2. The van der Waals surface area contributed by atoms with E-state index < -0.39 is 0 Å². The molecule has 2 aromatic heterocycles. The number of nitrogens with two attached hydrogens (primary N) is 2. The van der Waals surface area contributed by atoms with Crippen LogP contribution in [0.4, 0.5) is 11.6 Å². The molecule has 6 heteroatoms. The standard InChI is InChI=1S/2C5H6N2O/c2*6-5-4(8)2-1-3-7-5/h2*1-3,8H,(H2,6,7). The molecule has 0 saturated heterocycles. The van der Waals surface area contributed by atoms with Gasteiger partial charge in [0.15, 0.2) is 23.1 Å². The van der Waals surface area contributed by atoms with E-state index >= 15 is 0 Å². The summed E-state index contributed by atoms with van der Waals surface area (Å²) in [5.74, 6) is 0.417. The molecule has 0 aliphatic heterocycles. The second kappa shape index (κ2) is 5.40. The maximum absolute atomic E-state index is 8.73. The first-order valence-corrected chi connectivity index (χ1v) is 4.40. The summed E-state index contributed by atoms with van der Waals surface area (Å²) in [5, 5.41) is 17.5. The van der Waals surface area contributed by atoms with Gasteiger partial charge in [0.25, 0.3) is 0 Å². The van der Waals surface area contributed by atoms with E-state index in [-0.39, 0.29) is 23.1 Å². The zero-order valence-corrected chi connectivity index (χ0v) is 8.41. The summed E-state index contributed by atoms with van der Waals surface area (Å²) >= 11 is 0. The summed E-state index contributed by atoms with van der Waals surface area (Å²) < 4.78 is 0. The Balaban J connectivity index is 0.000000160. The molecule has 0 unspecified atom stereocenters. The molecule has 84 valence electrons. The van der Waals surface area contributed by atoms with Crippen LogP contribution in [0.5, 0.6) is 11.5 Å². The lowest BCUT2D eigenvalue weighted by molar-refractivity contribution is 0.475. The minimum Gasteiger partial charge on any atom is -0.504 e. The minimum absolute atomic E-state index is 0.0347. The maximum atomic E-state index is 8.73. The number of aromatic hydroxyl groups is 2. The Hall–Kier alpha value is -2.50. The summed E-state index contributed by atoms with van der Waals surface area (Å²) in [4.78, 5) is 7.21. The number of aromatic nitrogens is 2. The third-order valence-electron chi connectivity index (χ3n) is 1.63. The van der Waals surface area contributed by atoms with Gasteiger partial charge >= 0.3 is 0 Å². The molecule has 0 aliphatic carbocycles. The molecule has 0 amide bonds. The third-order valence-corrected chi connectivity index (χ3v) is 1.63. The van der Waals surface area contributed by atoms with Crippen LogP contribution in [-0.2, 0) is 0 Å². The van der Waals surface area contributed by atoms with Crippen LogP contribution in [0.15, 0.2) is 36.7 Å². The quantitative estimate of drug-likeness (QED) is 0.520. The topological polar surface area (TPSA) is 118 Å². The number of anilines is 2. The number of pyridine rings is 2. The Morgan fingerprint density at radius 1 is 0.812 bits per heavy atom. The zero-order valence-electron chi connectivity index (χ0n) is 8.41. The van der Waals surface area contributed by atoms with Gasteiger partial charge in [0.1, 0.15) is 0 Å². The molecule has 16 heavy (non-hydrogen) atoms. The van der Waals surface area contributed by atoms with Crippen molar-refractivity contribution in [2.45, 2.75) is 0 Å². The van der Waals surface area contributed by atoms with Crippen LogP contribution in [0.3, 0.4) is 0 Å². The van der Waals surface area contributed by atoms with E-state index in [1.54, 1.807) is 12.1 Å². The molecular formula is C10H12N4O2. The lowest BCUT2D eigenvalue weighted by Crippen LogP contribution is -1.87. The van der Waals surface area contributed by atoms with Crippen LogP contribution in [0.2, 0.25) is 0 Å². The van der Waals surface area contributed by atoms with Gasteiger partial charge in [0.2, 0.25) is 0 Å². The molecular weight excluding hydrogens is 208 g/mol. The predicted octanol–water partition coefficient (Wildman–Crippen LogP) is 0.739. The molecule has 6 nitrogen and oxygen atoms in total. The van der Waals surface area contributed by atoms with E-state index in [1.807, 2.05) is 0 Å². The highest BCUT2D eigenvalue weighted by Crippen LogP contribution is 2.13. The molecule has 0 aliphatic rings. The first kappa shape index (κ1) is 11.6. The second-order valence-electron chi connectivity index (χ2n) is 2.82. The fourth-order valence-electron chi connectivity index (χ4n) is 0.818. The lowest BCUT2D eigenvalue weighted by atomic mass is 10.4. The minimum atomic E-state index is 0.0347. The fraction of sp³-hybridized carbons (Fsp3) is 0. The van der Waals surface area contributed by atoms with Crippen LogP contribution >= 0.6 is 0 Å². The van der Waals surface area contributed by atoms with Crippen molar-refractivity contribution >= 4 is 11.6 Å². The zero-order chi connectivity index (χ0) is 12.0. The summed E-state index contributed by atoms with van der Waals surface area (Å²) in [5.41, 5.74) is 10.3.